The second-order valence-corrected chi connectivity index (χ2v) is 7.91. The molecule has 150 valence electrons. The lowest BCUT2D eigenvalue weighted by Crippen LogP contribution is -2.49. The topological polar surface area (TPSA) is 52.7 Å². The van der Waals surface area contributed by atoms with Crippen LogP contribution in [-0.4, -0.2) is 54.3 Å². The first-order valence-electron chi connectivity index (χ1n) is 10.2. The van der Waals surface area contributed by atoms with E-state index in [-0.39, 0.29) is 24.4 Å². The molecule has 0 aliphatic heterocycles. The number of fused-ring (bicyclic) bond motifs is 1. The quantitative estimate of drug-likeness (QED) is 0.826. The molecule has 3 rings (SSSR count). The number of nitrogens with one attached hydrogen (secondary N) is 1. The van der Waals surface area contributed by atoms with Gasteiger partial charge in [-0.3, -0.25) is 14.5 Å². The van der Waals surface area contributed by atoms with Crippen LogP contribution in [-0.2, 0) is 9.59 Å². The van der Waals surface area contributed by atoms with E-state index in [1.165, 1.54) is 19.3 Å². The van der Waals surface area contributed by atoms with Gasteiger partial charge >= 0.3 is 0 Å². The Hall–Kier alpha value is -2.40. The molecule has 0 spiro atoms. The van der Waals surface area contributed by atoms with Gasteiger partial charge in [-0.25, -0.2) is 0 Å². The van der Waals surface area contributed by atoms with Gasteiger partial charge in [0, 0.05) is 24.2 Å². The molecule has 1 N–H and O–H groups in total. The van der Waals surface area contributed by atoms with Gasteiger partial charge in [-0.15, -0.1) is 0 Å². The maximum atomic E-state index is 12.9. The molecule has 28 heavy (non-hydrogen) atoms. The van der Waals surface area contributed by atoms with Crippen LogP contribution in [0.25, 0.3) is 10.8 Å². The molecule has 1 fully saturated rings. The van der Waals surface area contributed by atoms with E-state index in [4.69, 9.17) is 0 Å². The maximum absolute atomic E-state index is 12.9. The summed E-state index contributed by atoms with van der Waals surface area (Å²) in [5.41, 5.74) is 0.801. The number of carbonyl (C=O) groups is 2. The molecule has 0 aromatic heterocycles. The molecule has 0 radical (unpaired) electrons. The number of benzene rings is 2. The van der Waals surface area contributed by atoms with Crippen LogP contribution in [0.2, 0.25) is 0 Å². The second-order valence-electron chi connectivity index (χ2n) is 7.91. The fourth-order valence-electron chi connectivity index (χ4n) is 4.02. The fraction of sp³-hybridized carbons (Fsp3) is 0.478. The smallest absolute Gasteiger partial charge is 0.239 e. The molecular formula is C23H31N3O2. The average molecular weight is 382 g/mol. The minimum Gasteiger partial charge on any atom is -0.341 e. The highest BCUT2D eigenvalue weighted by Gasteiger charge is 2.28. The van der Waals surface area contributed by atoms with E-state index in [9.17, 15) is 9.59 Å². The van der Waals surface area contributed by atoms with Crippen molar-refractivity contribution in [3.8, 4) is 0 Å². The van der Waals surface area contributed by atoms with Crippen LogP contribution in [0.5, 0.6) is 0 Å². The number of carbonyl (C=O) groups excluding carboxylic acids is 2. The lowest BCUT2D eigenvalue weighted by molar-refractivity contribution is -0.137. The largest absolute Gasteiger partial charge is 0.341 e. The Kier molecular flexibility index (Phi) is 6.68. The molecule has 0 heterocycles. The van der Waals surface area contributed by atoms with E-state index >= 15 is 0 Å². The zero-order valence-electron chi connectivity index (χ0n) is 17.1. The summed E-state index contributed by atoms with van der Waals surface area (Å²) in [6, 6.07) is 13.9. The average Bonchev–Trinajstić information content (AvgIpc) is 2.73. The SMILES string of the molecule is C[C@@H](C(=O)N(C)C1CCCCC1)N(C)CC(=O)Nc1cccc2ccccc12. The monoisotopic (exact) mass is 381 g/mol. The van der Waals surface area contributed by atoms with Gasteiger partial charge in [0.2, 0.25) is 11.8 Å². The number of amides is 2. The van der Waals surface area contributed by atoms with Gasteiger partial charge in [0.15, 0.2) is 0 Å². The van der Waals surface area contributed by atoms with E-state index in [0.717, 1.165) is 29.3 Å². The van der Waals surface area contributed by atoms with E-state index in [1.807, 2.05) is 73.3 Å². The van der Waals surface area contributed by atoms with Crippen molar-refractivity contribution in [2.45, 2.75) is 51.1 Å². The number of rotatable bonds is 6. The third kappa shape index (κ3) is 4.71. The summed E-state index contributed by atoms with van der Waals surface area (Å²) in [7, 11) is 3.73. The molecule has 1 aliphatic rings. The second kappa shape index (κ2) is 9.20. The predicted octanol–water partition coefficient (Wildman–Crippen LogP) is 3.89. The number of likely N-dealkylation sites (N-methyl/N-ethyl adjacent to an activating group) is 2. The van der Waals surface area contributed by atoms with Crippen molar-refractivity contribution in [3.05, 3.63) is 42.5 Å². The van der Waals surface area contributed by atoms with E-state index < -0.39 is 0 Å². The molecule has 2 aromatic rings. The highest BCUT2D eigenvalue weighted by molar-refractivity contribution is 6.02. The van der Waals surface area contributed by atoms with Crippen molar-refractivity contribution in [3.63, 3.8) is 0 Å². The molecule has 2 amide bonds. The van der Waals surface area contributed by atoms with Crippen LogP contribution < -0.4 is 5.32 Å². The third-order valence-electron chi connectivity index (χ3n) is 5.95. The van der Waals surface area contributed by atoms with Crippen molar-refractivity contribution < 1.29 is 9.59 Å². The Balaban J connectivity index is 1.59. The summed E-state index contributed by atoms with van der Waals surface area (Å²) in [5.74, 6) is -0.0221. The summed E-state index contributed by atoms with van der Waals surface area (Å²) in [6.07, 6.45) is 5.82. The van der Waals surface area contributed by atoms with E-state index in [0.29, 0.717) is 6.04 Å². The zero-order valence-corrected chi connectivity index (χ0v) is 17.1. The van der Waals surface area contributed by atoms with Crippen LogP contribution in [0.1, 0.15) is 39.0 Å². The molecule has 0 unspecified atom stereocenters. The molecular weight excluding hydrogens is 350 g/mol. The van der Waals surface area contributed by atoms with Gasteiger partial charge in [-0.1, -0.05) is 55.7 Å². The number of anilines is 1. The first-order chi connectivity index (χ1) is 13.5. The standard InChI is InChI=1S/C23H31N3O2/c1-17(23(28)26(3)19-12-5-4-6-13-19)25(2)16-22(27)24-21-15-9-11-18-10-7-8-14-20(18)21/h7-11,14-15,17,19H,4-6,12-13,16H2,1-3H3,(H,24,27)/t17-/m0/s1. The lowest BCUT2D eigenvalue weighted by atomic mass is 9.94. The van der Waals surface area contributed by atoms with Gasteiger partial charge in [-0.05, 0) is 38.3 Å². The molecule has 1 aliphatic carbocycles. The van der Waals surface area contributed by atoms with Gasteiger partial charge in [-0.2, -0.15) is 0 Å². The Morgan fingerprint density at radius 1 is 1.04 bits per heavy atom. The Morgan fingerprint density at radius 2 is 1.71 bits per heavy atom. The van der Waals surface area contributed by atoms with Gasteiger partial charge < -0.3 is 10.2 Å². The summed E-state index contributed by atoms with van der Waals surface area (Å²) in [4.78, 5) is 29.2. The molecule has 2 aromatic carbocycles. The number of hydrogen-bond donors (Lipinski definition) is 1. The lowest BCUT2D eigenvalue weighted by Gasteiger charge is -2.35. The molecule has 0 bridgehead atoms. The van der Waals surface area contributed by atoms with Crippen molar-refractivity contribution in [2.24, 2.45) is 0 Å². The molecule has 5 nitrogen and oxygen atoms in total. The number of nitrogens with zero attached hydrogens (tertiary/aromatic N) is 2. The molecule has 0 saturated heterocycles. The first-order valence-corrected chi connectivity index (χ1v) is 10.2. The van der Waals surface area contributed by atoms with Crippen molar-refractivity contribution >= 4 is 28.3 Å². The minimum atomic E-state index is -0.329. The third-order valence-corrected chi connectivity index (χ3v) is 5.95. The number of hydrogen-bond acceptors (Lipinski definition) is 3. The van der Waals surface area contributed by atoms with E-state index in [2.05, 4.69) is 5.32 Å². The van der Waals surface area contributed by atoms with E-state index in [1.54, 1.807) is 0 Å². The summed E-state index contributed by atoms with van der Waals surface area (Å²) >= 11 is 0. The van der Waals surface area contributed by atoms with Crippen LogP contribution in [0.4, 0.5) is 5.69 Å². The molecule has 5 heteroatoms. The van der Waals surface area contributed by atoms with Gasteiger partial charge in [0.25, 0.3) is 0 Å². The Morgan fingerprint density at radius 3 is 2.46 bits per heavy atom. The van der Waals surface area contributed by atoms with Crippen molar-refractivity contribution in [2.75, 3.05) is 26.0 Å². The molecule has 1 atom stereocenters. The van der Waals surface area contributed by atoms with Crippen LogP contribution in [0.15, 0.2) is 42.5 Å². The first kappa shape index (κ1) is 20.3. The highest BCUT2D eigenvalue weighted by Crippen LogP contribution is 2.24. The summed E-state index contributed by atoms with van der Waals surface area (Å²) in [5, 5.41) is 5.10. The van der Waals surface area contributed by atoms with Gasteiger partial charge in [0.05, 0.1) is 12.6 Å². The summed E-state index contributed by atoms with van der Waals surface area (Å²) in [6.45, 7) is 2.06. The van der Waals surface area contributed by atoms with Gasteiger partial charge in [0.1, 0.15) is 0 Å². The van der Waals surface area contributed by atoms with Crippen LogP contribution in [0, 0.1) is 0 Å². The zero-order chi connectivity index (χ0) is 20.1. The Bertz CT molecular complexity index is 824. The highest BCUT2D eigenvalue weighted by atomic mass is 16.2. The van der Waals surface area contributed by atoms with Crippen molar-refractivity contribution in [1.29, 1.82) is 0 Å². The fourth-order valence-corrected chi connectivity index (χ4v) is 4.02. The van der Waals surface area contributed by atoms with Crippen molar-refractivity contribution in [1.82, 2.24) is 9.80 Å². The maximum Gasteiger partial charge on any atom is 0.239 e. The van der Waals surface area contributed by atoms with Crippen LogP contribution in [0.3, 0.4) is 0 Å². The normalized spacial score (nSPS) is 16.1. The summed E-state index contributed by atoms with van der Waals surface area (Å²) < 4.78 is 0. The predicted molar refractivity (Wildman–Crippen MR) is 114 cm³/mol. The van der Waals surface area contributed by atoms with Crippen LogP contribution >= 0.6 is 0 Å². The minimum absolute atomic E-state index is 0.0901. The Labute approximate surface area is 167 Å². The molecule has 1 saturated carbocycles.